The predicted octanol–water partition coefficient (Wildman–Crippen LogP) is 9.40. The first-order valence-electron chi connectivity index (χ1n) is 17.1. The second-order valence-corrected chi connectivity index (χ2v) is 13.4. The molecular weight excluding hydrogens is 717 g/mol. The summed E-state index contributed by atoms with van der Waals surface area (Å²) in [5.74, 6) is -1.59. The Kier molecular flexibility index (Phi) is 13.2. The summed E-state index contributed by atoms with van der Waals surface area (Å²) in [5.41, 5.74) is 7.63. The van der Waals surface area contributed by atoms with Crippen LogP contribution in [0.3, 0.4) is 0 Å². The third-order valence-electron chi connectivity index (χ3n) is 8.03. The van der Waals surface area contributed by atoms with Gasteiger partial charge in [-0.25, -0.2) is 14.4 Å². The molecule has 0 bridgehead atoms. The van der Waals surface area contributed by atoms with E-state index in [1.807, 2.05) is 114 Å². The maximum absolute atomic E-state index is 13.6. The average molecular weight is 755 g/mol. The quantitative estimate of drug-likeness (QED) is 0.0498. The van der Waals surface area contributed by atoms with E-state index in [1.165, 1.54) is 20.8 Å². The molecule has 278 valence electrons. The molecule has 0 aliphatic heterocycles. The number of rotatable bonds is 13. The third kappa shape index (κ3) is 10.9. The van der Waals surface area contributed by atoms with Gasteiger partial charge in [-0.2, -0.15) is 0 Å². The summed E-state index contributed by atoms with van der Waals surface area (Å²) in [7, 11) is 0. The molecule has 0 unspecified atom stereocenters. The third-order valence-corrected chi connectivity index (χ3v) is 9.05. The van der Waals surface area contributed by atoms with Crippen LogP contribution in [0.25, 0.3) is 0 Å². The Morgan fingerprint density at radius 1 is 0.400 bits per heavy atom. The van der Waals surface area contributed by atoms with E-state index in [4.69, 9.17) is 14.5 Å². The van der Waals surface area contributed by atoms with Gasteiger partial charge in [-0.05, 0) is 122 Å². The number of nitrogens with zero attached hydrogens (tertiary/aromatic N) is 4. The smallest absolute Gasteiger partial charge is 0.318 e. The number of anilines is 3. The molecule has 12 heteroatoms. The van der Waals surface area contributed by atoms with Crippen LogP contribution in [-0.2, 0) is 28.9 Å². The minimum absolute atomic E-state index is 0.111. The zero-order valence-electron chi connectivity index (χ0n) is 31.1. The van der Waals surface area contributed by atoms with Crippen LogP contribution in [0.4, 0.5) is 17.1 Å². The van der Waals surface area contributed by atoms with Crippen molar-refractivity contribution in [2.24, 2.45) is 15.5 Å². The zero-order chi connectivity index (χ0) is 39.5. The number of carbonyl (C=O) groups excluding carboxylic acids is 4. The molecule has 0 fully saturated rings. The molecule has 0 aliphatic rings. The predicted molar refractivity (Wildman–Crippen MR) is 213 cm³/mol. The lowest BCUT2D eigenvalue weighted by Gasteiger charge is -2.26. The first kappa shape index (κ1) is 39.5. The van der Waals surface area contributed by atoms with Gasteiger partial charge in [0.25, 0.3) is 0 Å². The summed E-state index contributed by atoms with van der Waals surface area (Å²) in [4.78, 5) is 65.5. The van der Waals surface area contributed by atoms with Crippen LogP contribution >= 0.6 is 11.8 Å². The number of hydrogen-bond acceptors (Lipinski definition) is 12. The maximum Gasteiger partial charge on any atom is 0.331 e. The molecule has 5 rings (SSSR count). The highest BCUT2D eigenvalue weighted by molar-refractivity contribution is 7.99. The van der Waals surface area contributed by atoms with Gasteiger partial charge >= 0.3 is 17.9 Å². The van der Waals surface area contributed by atoms with Crippen LogP contribution in [-0.4, -0.2) is 40.8 Å². The van der Waals surface area contributed by atoms with Crippen molar-refractivity contribution in [3.63, 3.8) is 0 Å². The number of oxime groups is 3. The summed E-state index contributed by atoms with van der Waals surface area (Å²) in [5, 5.41) is 11.6. The van der Waals surface area contributed by atoms with Gasteiger partial charge in [0.2, 0.25) is 0 Å². The molecule has 0 N–H and O–H groups in total. The van der Waals surface area contributed by atoms with E-state index in [0.717, 1.165) is 43.5 Å². The van der Waals surface area contributed by atoms with Crippen molar-refractivity contribution in [1.29, 1.82) is 0 Å². The molecule has 5 aromatic carbocycles. The normalized spacial score (nSPS) is 11.8. The second-order valence-electron chi connectivity index (χ2n) is 12.2. The van der Waals surface area contributed by atoms with Crippen molar-refractivity contribution in [2.75, 3.05) is 4.90 Å². The molecule has 0 atom stereocenters. The highest BCUT2D eigenvalue weighted by Crippen LogP contribution is 2.35. The molecule has 0 aromatic heterocycles. The molecular formula is C43H38N4O7S. The van der Waals surface area contributed by atoms with E-state index in [0.29, 0.717) is 28.3 Å². The minimum Gasteiger partial charge on any atom is -0.318 e. The largest absolute Gasteiger partial charge is 0.331 e. The molecule has 0 spiro atoms. The van der Waals surface area contributed by atoms with Crippen molar-refractivity contribution in [3.8, 4) is 0 Å². The van der Waals surface area contributed by atoms with Gasteiger partial charge in [-0.3, -0.25) is 4.79 Å². The molecule has 0 amide bonds. The fourth-order valence-corrected chi connectivity index (χ4v) is 6.03. The maximum atomic E-state index is 13.6. The van der Waals surface area contributed by atoms with Crippen LogP contribution in [0.1, 0.15) is 74.2 Å². The van der Waals surface area contributed by atoms with Gasteiger partial charge in [0, 0.05) is 58.8 Å². The Hall–Kier alpha value is -6.66. The highest BCUT2D eigenvalue weighted by atomic mass is 32.2. The molecule has 0 radical (unpaired) electrons. The Bertz CT molecular complexity index is 2190. The summed E-state index contributed by atoms with van der Waals surface area (Å²) in [6.07, 6.45) is 0. The van der Waals surface area contributed by atoms with E-state index in [1.54, 1.807) is 44.7 Å². The van der Waals surface area contributed by atoms with Crippen LogP contribution in [0.15, 0.2) is 147 Å². The summed E-state index contributed by atoms with van der Waals surface area (Å²) in [6, 6.07) is 37.8. The number of ketones is 1. The van der Waals surface area contributed by atoms with Gasteiger partial charge in [0.05, 0.1) is 17.1 Å². The van der Waals surface area contributed by atoms with E-state index in [-0.39, 0.29) is 5.78 Å². The highest BCUT2D eigenvalue weighted by Gasteiger charge is 2.16. The van der Waals surface area contributed by atoms with Crippen LogP contribution < -0.4 is 4.90 Å². The molecule has 0 aliphatic carbocycles. The fourth-order valence-electron chi connectivity index (χ4n) is 5.21. The number of hydrogen-bond donors (Lipinski definition) is 0. The van der Waals surface area contributed by atoms with Gasteiger partial charge in [0.1, 0.15) is 0 Å². The van der Waals surface area contributed by atoms with Crippen LogP contribution in [0.2, 0.25) is 0 Å². The van der Waals surface area contributed by atoms with Crippen molar-refractivity contribution < 1.29 is 33.7 Å². The van der Waals surface area contributed by atoms with Crippen molar-refractivity contribution >= 4 is 69.7 Å². The van der Waals surface area contributed by atoms with Gasteiger partial charge < -0.3 is 19.4 Å². The van der Waals surface area contributed by atoms with Gasteiger partial charge in [-0.1, -0.05) is 63.6 Å². The lowest BCUT2D eigenvalue weighted by molar-refractivity contribution is -0.141. The number of benzene rings is 5. The zero-order valence-corrected chi connectivity index (χ0v) is 31.9. The second kappa shape index (κ2) is 18.4. The Labute approximate surface area is 323 Å². The Morgan fingerprint density at radius 2 is 0.655 bits per heavy atom. The lowest BCUT2D eigenvalue weighted by Crippen LogP contribution is -2.11. The van der Waals surface area contributed by atoms with E-state index < -0.39 is 17.9 Å². The van der Waals surface area contributed by atoms with Crippen LogP contribution in [0.5, 0.6) is 0 Å². The lowest BCUT2D eigenvalue weighted by atomic mass is 10.0. The topological polar surface area (TPSA) is 136 Å². The Balaban J connectivity index is 1.35. The van der Waals surface area contributed by atoms with Crippen molar-refractivity contribution in [1.82, 2.24) is 0 Å². The first-order valence-corrected chi connectivity index (χ1v) is 17.9. The SMILES string of the molecule is CC(=O)ON=C(C)c1ccc(Sc2ccc(C(=O)c3ccc(N(c4ccc(C(C)=NOC(C)=O)cc4)c4ccc(/C(C)=N/OC(C)=O)cc4)cc3)cc2)cc1. The van der Waals surface area contributed by atoms with E-state index >= 15 is 0 Å². The average Bonchev–Trinajstić information content (AvgIpc) is 3.19. The van der Waals surface area contributed by atoms with Crippen molar-refractivity contribution in [3.05, 3.63) is 149 Å². The monoisotopic (exact) mass is 754 g/mol. The molecule has 11 nitrogen and oxygen atoms in total. The molecule has 5 aromatic rings. The minimum atomic E-state index is -0.503. The van der Waals surface area contributed by atoms with Gasteiger partial charge in [-0.15, -0.1) is 0 Å². The first-order chi connectivity index (χ1) is 26.4. The Morgan fingerprint density at radius 3 is 0.945 bits per heavy atom. The van der Waals surface area contributed by atoms with Crippen LogP contribution in [0, 0.1) is 0 Å². The fraction of sp³-hybridized carbons (Fsp3) is 0.140. The molecule has 0 saturated carbocycles. The molecule has 0 saturated heterocycles. The molecule has 55 heavy (non-hydrogen) atoms. The van der Waals surface area contributed by atoms with Gasteiger partial charge in [0.15, 0.2) is 5.78 Å². The summed E-state index contributed by atoms with van der Waals surface area (Å²) < 4.78 is 0. The number of carbonyl (C=O) groups is 4. The standard InChI is InChI=1S/C43H38N4O7S/c1-27(44-52-30(4)48)33-7-17-38(18-8-33)47(39-19-9-34(10-20-39)28(2)45-53-31(5)49)40-21-11-36(12-22-40)43(51)37-15-25-42(26-16-37)55-41-23-13-35(14-24-41)29(3)46-54-32(6)50/h7-26H,1-6H3/b44-27+,45-28?,46-29?. The molecule has 0 heterocycles. The van der Waals surface area contributed by atoms with E-state index in [2.05, 4.69) is 15.5 Å². The van der Waals surface area contributed by atoms with E-state index in [9.17, 15) is 19.2 Å². The summed E-state index contributed by atoms with van der Waals surface area (Å²) >= 11 is 1.56. The summed E-state index contributed by atoms with van der Waals surface area (Å²) in [6.45, 7) is 9.16. The van der Waals surface area contributed by atoms with Crippen molar-refractivity contribution in [2.45, 2.75) is 51.3 Å².